The Balaban J connectivity index is 2.40. The van der Waals surface area contributed by atoms with Crippen molar-refractivity contribution >= 4 is 0 Å². The van der Waals surface area contributed by atoms with Crippen LogP contribution in [0.2, 0.25) is 0 Å². The van der Waals surface area contributed by atoms with E-state index in [4.69, 9.17) is 0 Å². The van der Waals surface area contributed by atoms with E-state index in [1.807, 2.05) is 0 Å². The van der Waals surface area contributed by atoms with Gasteiger partial charge in [-0.05, 0) is 38.0 Å². The van der Waals surface area contributed by atoms with Gasteiger partial charge in [-0.25, -0.2) is 0 Å². The van der Waals surface area contributed by atoms with E-state index in [-0.39, 0.29) is 0 Å². The average molecular weight is 148 g/mol. The number of rotatable bonds is 0. The van der Waals surface area contributed by atoms with E-state index >= 15 is 0 Å². The lowest BCUT2D eigenvalue weighted by molar-refractivity contribution is 0.554. The van der Waals surface area contributed by atoms with E-state index in [1.54, 1.807) is 11.1 Å². The van der Waals surface area contributed by atoms with Gasteiger partial charge in [-0.2, -0.15) is 0 Å². The lowest BCUT2D eigenvalue weighted by Crippen LogP contribution is -2.06. The Morgan fingerprint density at radius 1 is 1.36 bits per heavy atom. The topological polar surface area (TPSA) is 0 Å². The van der Waals surface area contributed by atoms with Gasteiger partial charge in [-0.3, -0.25) is 0 Å². The van der Waals surface area contributed by atoms with Gasteiger partial charge in [0.25, 0.3) is 0 Å². The molecular weight excluding hydrogens is 132 g/mol. The van der Waals surface area contributed by atoms with E-state index < -0.39 is 0 Å². The van der Waals surface area contributed by atoms with Crippen LogP contribution in [0.4, 0.5) is 0 Å². The van der Waals surface area contributed by atoms with Crippen molar-refractivity contribution in [1.29, 1.82) is 0 Å². The molecule has 0 heterocycles. The Morgan fingerprint density at radius 3 is 2.45 bits per heavy atom. The van der Waals surface area contributed by atoms with Crippen molar-refractivity contribution in [3.05, 3.63) is 23.3 Å². The highest BCUT2D eigenvalue weighted by Crippen LogP contribution is 2.48. The zero-order valence-electron chi connectivity index (χ0n) is 7.59. The van der Waals surface area contributed by atoms with Crippen LogP contribution in [0.25, 0.3) is 0 Å². The maximum Gasteiger partial charge on any atom is -0.00120 e. The molecule has 3 atom stereocenters. The molecule has 11 heavy (non-hydrogen) atoms. The monoisotopic (exact) mass is 148 g/mol. The summed E-state index contributed by atoms with van der Waals surface area (Å²) in [4.78, 5) is 0. The first kappa shape index (κ1) is 7.15. The van der Waals surface area contributed by atoms with Crippen molar-refractivity contribution in [2.75, 3.05) is 0 Å². The molecule has 2 rings (SSSR count). The summed E-state index contributed by atoms with van der Waals surface area (Å²) >= 11 is 0. The molecule has 0 spiro atoms. The maximum absolute atomic E-state index is 2.40. The Bertz CT molecular complexity index is 228. The van der Waals surface area contributed by atoms with Gasteiger partial charge >= 0.3 is 0 Å². The lowest BCUT2D eigenvalue weighted by Gasteiger charge is -2.18. The van der Waals surface area contributed by atoms with Gasteiger partial charge in [0.2, 0.25) is 0 Å². The second kappa shape index (κ2) is 2.23. The second-order valence-electron chi connectivity index (χ2n) is 4.13. The van der Waals surface area contributed by atoms with Crippen LogP contribution in [-0.2, 0) is 0 Å². The molecule has 3 unspecified atom stereocenters. The Hall–Kier alpha value is -0.520. The third kappa shape index (κ3) is 0.885. The predicted octanol–water partition coefficient (Wildman–Crippen LogP) is 3.16. The molecule has 0 aromatic rings. The van der Waals surface area contributed by atoms with E-state index in [9.17, 15) is 0 Å². The molecule has 0 saturated heterocycles. The maximum atomic E-state index is 2.40. The fourth-order valence-electron chi connectivity index (χ4n) is 2.72. The second-order valence-corrected chi connectivity index (χ2v) is 4.13. The first-order chi connectivity index (χ1) is 5.20. The Kier molecular flexibility index (Phi) is 1.45. The minimum atomic E-state index is 0.806. The number of fused-ring (bicyclic) bond motifs is 2. The zero-order valence-corrected chi connectivity index (χ0v) is 7.59. The van der Waals surface area contributed by atoms with E-state index in [0.717, 1.165) is 17.8 Å². The normalized spacial score (nSPS) is 40.3. The molecule has 0 radical (unpaired) electrons. The first-order valence-corrected chi connectivity index (χ1v) is 4.55. The highest BCUT2D eigenvalue weighted by Gasteiger charge is 2.37. The van der Waals surface area contributed by atoms with Crippen molar-refractivity contribution in [3.63, 3.8) is 0 Å². The molecule has 2 aliphatic rings. The highest BCUT2D eigenvalue weighted by atomic mass is 14.4. The van der Waals surface area contributed by atoms with E-state index in [2.05, 4.69) is 32.9 Å². The third-order valence-electron chi connectivity index (χ3n) is 3.23. The van der Waals surface area contributed by atoms with Crippen molar-refractivity contribution in [2.24, 2.45) is 17.8 Å². The van der Waals surface area contributed by atoms with Crippen molar-refractivity contribution in [1.82, 2.24) is 0 Å². The van der Waals surface area contributed by atoms with Crippen molar-refractivity contribution in [3.8, 4) is 0 Å². The highest BCUT2D eigenvalue weighted by molar-refractivity contribution is 5.32. The summed E-state index contributed by atoms with van der Waals surface area (Å²) in [6.07, 6.45) is 6.19. The van der Waals surface area contributed by atoms with Crippen LogP contribution in [0.5, 0.6) is 0 Å². The van der Waals surface area contributed by atoms with Crippen LogP contribution in [0, 0.1) is 17.8 Å². The van der Waals surface area contributed by atoms with Crippen molar-refractivity contribution < 1.29 is 0 Å². The smallest absolute Gasteiger partial charge is 0.00120 e. The SMILES string of the molecule is CC(C)=C1C2C=CC(C2)C1C. The molecule has 1 saturated carbocycles. The van der Waals surface area contributed by atoms with E-state index in [1.165, 1.54) is 6.42 Å². The quantitative estimate of drug-likeness (QED) is 0.463. The van der Waals surface area contributed by atoms with Crippen LogP contribution >= 0.6 is 0 Å². The van der Waals surface area contributed by atoms with E-state index in [0.29, 0.717) is 0 Å². The summed E-state index contributed by atoms with van der Waals surface area (Å²) in [5.41, 5.74) is 3.27. The average Bonchev–Trinajstić information content (AvgIpc) is 2.44. The van der Waals surface area contributed by atoms with Gasteiger partial charge < -0.3 is 0 Å². The Morgan fingerprint density at radius 2 is 2.09 bits per heavy atom. The van der Waals surface area contributed by atoms with Crippen LogP contribution < -0.4 is 0 Å². The van der Waals surface area contributed by atoms with Crippen LogP contribution in [0.1, 0.15) is 27.2 Å². The molecule has 0 amide bonds. The lowest BCUT2D eigenvalue weighted by atomic mass is 9.87. The molecule has 0 aliphatic heterocycles. The molecule has 0 aromatic carbocycles. The molecule has 0 N–H and O–H groups in total. The van der Waals surface area contributed by atoms with Gasteiger partial charge in [0.1, 0.15) is 0 Å². The number of hydrogen-bond donors (Lipinski definition) is 0. The summed E-state index contributed by atoms with van der Waals surface area (Å²) in [7, 11) is 0. The molecule has 1 fully saturated rings. The van der Waals surface area contributed by atoms with Gasteiger partial charge in [-0.1, -0.05) is 30.2 Å². The fraction of sp³-hybridized carbons (Fsp3) is 0.636. The van der Waals surface area contributed by atoms with Gasteiger partial charge in [0.15, 0.2) is 0 Å². The van der Waals surface area contributed by atoms with Crippen LogP contribution in [-0.4, -0.2) is 0 Å². The zero-order chi connectivity index (χ0) is 8.01. The van der Waals surface area contributed by atoms with Crippen LogP contribution in [0.15, 0.2) is 23.3 Å². The molecule has 0 nitrogen and oxygen atoms in total. The molecule has 60 valence electrons. The summed E-state index contributed by atoms with van der Waals surface area (Å²) in [6.45, 7) is 6.87. The summed E-state index contributed by atoms with van der Waals surface area (Å²) in [5, 5.41) is 0. The molecule has 2 bridgehead atoms. The molecule has 0 aromatic heterocycles. The summed E-state index contributed by atoms with van der Waals surface area (Å²) < 4.78 is 0. The van der Waals surface area contributed by atoms with Gasteiger partial charge in [0.05, 0.1) is 0 Å². The molecular formula is C11H16. The summed E-state index contributed by atoms with van der Waals surface area (Å²) in [6, 6.07) is 0. The number of hydrogen-bond acceptors (Lipinski definition) is 0. The minimum absolute atomic E-state index is 0.806. The standard InChI is InChI=1S/C11H16/c1-7(2)11-8(3)9-4-5-10(11)6-9/h4-5,8-10H,6H2,1-3H3. The predicted molar refractivity (Wildman–Crippen MR) is 48.3 cm³/mol. The fourth-order valence-corrected chi connectivity index (χ4v) is 2.72. The first-order valence-electron chi connectivity index (χ1n) is 4.55. The largest absolute Gasteiger partial charge is 0.0842 e. The summed E-state index contributed by atoms with van der Waals surface area (Å²) in [5.74, 6) is 2.50. The molecule has 0 heteroatoms. The third-order valence-corrected chi connectivity index (χ3v) is 3.23. The van der Waals surface area contributed by atoms with Gasteiger partial charge in [-0.15, -0.1) is 0 Å². The minimum Gasteiger partial charge on any atom is -0.0842 e. The van der Waals surface area contributed by atoms with Gasteiger partial charge in [0, 0.05) is 0 Å². The van der Waals surface area contributed by atoms with Crippen LogP contribution in [0.3, 0.4) is 0 Å². The Labute approximate surface area is 69.0 Å². The molecule has 2 aliphatic carbocycles. The van der Waals surface area contributed by atoms with Crippen molar-refractivity contribution in [2.45, 2.75) is 27.2 Å². The number of allylic oxidation sites excluding steroid dienone is 4.